The molecule has 0 saturated heterocycles. The molecule has 0 unspecified atom stereocenters. The Morgan fingerprint density at radius 1 is 0.227 bits per heavy atom. The molecule has 0 aliphatic carbocycles. The summed E-state index contributed by atoms with van der Waals surface area (Å²) in [6, 6.07) is 62.3. The van der Waals surface area contributed by atoms with Gasteiger partial charge in [0, 0.05) is 0 Å². The van der Waals surface area contributed by atoms with Crippen molar-refractivity contribution in [2.75, 3.05) is 0 Å². The van der Waals surface area contributed by atoms with Crippen LogP contribution in [0.2, 0.25) is 0 Å². The summed E-state index contributed by atoms with van der Waals surface area (Å²) >= 11 is 0. The van der Waals surface area contributed by atoms with E-state index >= 15 is 0 Å². The van der Waals surface area contributed by atoms with Crippen LogP contribution in [-0.4, -0.2) is 0 Å². The zero-order valence-corrected chi connectivity index (χ0v) is 24.2. The van der Waals surface area contributed by atoms with Gasteiger partial charge >= 0.3 is 0 Å². The molecule has 0 aliphatic heterocycles. The summed E-state index contributed by atoms with van der Waals surface area (Å²) < 4.78 is 0. The van der Waals surface area contributed by atoms with E-state index in [1.165, 1.54) is 87.2 Å². The van der Waals surface area contributed by atoms with Gasteiger partial charge in [-0.15, -0.1) is 0 Å². The van der Waals surface area contributed by atoms with E-state index in [2.05, 4.69) is 170 Å². The maximum Gasteiger partial charge on any atom is -0.00199 e. The maximum atomic E-state index is 2.44. The summed E-state index contributed by atoms with van der Waals surface area (Å²) in [4.78, 5) is 0. The Kier molecular flexibility index (Phi) is 5.61. The lowest BCUT2D eigenvalue weighted by Crippen LogP contribution is -1.93. The van der Waals surface area contributed by atoms with Gasteiger partial charge in [-0.05, 0) is 105 Å². The molecule has 0 radical (unpaired) electrons. The lowest BCUT2D eigenvalue weighted by atomic mass is 9.83. The van der Waals surface area contributed by atoms with Crippen LogP contribution in [0, 0.1) is 0 Å². The molecule has 0 fully saturated rings. The first-order valence-electron chi connectivity index (χ1n) is 15.3. The molecule has 9 rings (SSSR count). The van der Waals surface area contributed by atoms with Gasteiger partial charge in [-0.25, -0.2) is 0 Å². The Hall–Kier alpha value is -5.72. The highest BCUT2D eigenvalue weighted by atomic mass is 14.2. The molecule has 0 nitrogen and oxygen atoms in total. The van der Waals surface area contributed by atoms with Gasteiger partial charge in [0.25, 0.3) is 0 Å². The van der Waals surface area contributed by atoms with E-state index in [4.69, 9.17) is 0 Å². The maximum absolute atomic E-state index is 2.44. The van der Waals surface area contributed by atoms with Crippen LogP contribution in [0.4, 0.5) is 0 Å². The van der Waals surface area contributed by atoms with Crippen molar-refractivity contribution in [3.05, 3.63) is 170 Å². The van der Waals surface area contributed by atoms with Crippen LogP contribution in [0.25, 0.3) is 87.2 Å². The number of fused-ring (bicyclic) bond motifs is 6. The van der Waals surface area contributed by atoms with Crippen LogP contribution in [0.1, 0.15) is 0 Å². The van der Waals surface area contributed by atoms with Crippen molar-refractivity contribution in [2.24, 2.45) is 0 Å². The minimum Gasteiger partial charge on any atom is -0.0622 e. The molecule has 9 aromatic rings. The summed E-state index contributed by atoms with van der Waals surface area (Å²) in [6.07, 6.45) is 0. The van der Waals surface area contributed by atoms with Gasteiger partial charge in [0.2, 0.25) is 0 Å². The van der Waals surface area contributed by atoms with Crippen LogP contribution < -0.4 is 0 Å². The third-order valence-corrected chi connectivity index (χ3v) is 9.20. The molecule has 0 amide bonds. The van der Waals surface area contributed by atoms with Crippen molar-refractivity contribution in [1.82, 2.24) is 0 Å². The van der Waals surface area contributed by atoms with Crippen molar-refractivity contribution in [3.63, 3.8) is 0 Å². The highest BCUT2D eigenvalue weighted by molar-refractivity contribution is 6.24. The van der Waals surface area contributed by atoms with Crippen molar-refractivity contribution in [3.8, 4) is 33.4 Å². The fourth-order valence-corrected chi connectivity index (χ4v) is 7.30. The SMILES string of the molecule is c1ccc(-c2c3ccccc3c(-c3cc(-c4cc5ccccc5c5ccccc45)cc4ccccc34)c3ccccc23)cc1. The quantitative estimate of drug-likeness (QED) is 0.150. The van der Waals surface area contributed by atoms with Crippen LogP contribution >= 0.6 is 0 Å². The van der Waals surface area contributed by atoms with Crippen LogP contribution in [0.15, 0.2) is 170 Å². The molecule has 0 atom stereocenters. The zero-order valence-electron chi connectivity index (χ0n) is 24.2. The number of hydrogen-bond donors (Lipinski definition) is 0. The molecular formula is C44H28. The van der Waals surface area contributed by atoms with Crippen LogP contribution in [0.3, 0.4) is 0 Å². The van der Waals surface area contributed by atoms with Gasteiger partial charge in [-0.3, -0.25) is 0 Å². The standard InChI is InChI=1S/C44H28/c1-2-14-29(15-3-1)43-37-22-10-12-24-39(37)44(40-25-13-11-23-38(40)43)42-28-32(26-30-16-4-7-19-34(30)42)41-27-31-17-5-6-18-33(31)35-20-8-9-21-36(35)41/h1-28H. The van der Waals surface area contributed by atoms with Gasteiger partial charge in [0.1, 0.15) is 0 Å². The van der Waals surface area contributed by atoms with Gasteiger partial charge in [0.05, 0.1) is 0 Å². The van der Waals surface area contributed by atoms with Gasteiger partial charge in [-0.2, -0.15) is 0 Å². The largest absolute Gasteiger partial charge is 0.0622 e. The van der Waals surface area contributed by atoms with E-state index in [0.717, 1.165) is 0 Å². The Balaban J connectivity index is 1.43. The van der Waals surface area contributed by atoms with Crippen molar-refractivity contribution >= 4 is 53.9 Å². The van der Waals surface area contributed by atoms with Gasteiger partial charge in [0.15, 0.2) is 0 Å². The first-order valence-corrected chi connectivity index (χ1v) is 15.3. The summed E-state index contributed by atoms with van der Waals surface area (Å²) in [7, 11) is 0. The van der Waals surface area contributed by atoms with Crippen molar-refractivity contribution < 1.29 is 0 Å². The fourth-order valence-electron chi connectivity index (χ4n) is 7.30. The highest BCUT2D eigenvalue weighted by Gasteiger charge is 2.19. The molecule has 9 aromatic carbocycles. The molecule has 0 aliphatic rings. The fraction of sp³-hybridized carbons (Fsp3) is 0. The first kappa shape index (κ1) is 24.8. The van der Waals surface area contributed by atoms with E-state index in [-0.39, 0.29) is 0 Å². The molecule has 0 N–H and O–H groups in total. The predicted molar refractivity (Wildman–Crippen MR) is 190 cm³/mol. The van der Waals surface area contributed by atoms with Gasteiger partial charge < -0.3 is 0 Å². The number of hydrogen-bond acceptors (Lipinski definition) is 0. The molecule has 0 heteroatoms. The average Bonchev–Trinajstić information content (AvgIpc) is 3.10. The molecule has 0 aromatic heterocycles. The monoisotopic (exact) mass is 556 g/mol. The van der Waals surface area contributed by atoms with E-state index in [0.29, 0.717) is 0 Å². The topological polar surface area (TPSA) is 0 Å². The predicted octanol–water partition coefficient (Wildman–Crippen LogP) is 12.5. The Morgan fingerprint density at radius 2 is 0.682 bits per heavy atom. The zero-order chi connectivity index (χ0) is 29.0. The summed E-state index contributed by atoms with van der Waals surface area (Å²) in [6.45, 7) is 0. The molecule has 204 valence electrons. The van der Waals surface area contributed by atoms with Crippen molar-refractivity contribution in [1.29, 1.82) is 0 Å². The molecule has 0 heterocycles. The second-order valence-corrected chi connectivity index (χ2v) is 11.6. The molecule has 44 heavy (non-hydrogen) atoms. The minimum atomic E-state index is 1.24. The van der Waals surface area contributed by atoms with E-state index < -0.39 is 0 Å². The molecular weight excluding hydrogens is 528 g/mol. The molecule has 0 spiro atoms. The van der Waals surface area contributed by atoms with Crippen LogP contribution in [-0.2, 0) is 0 Å². The molecule has 0 bridgehead atoms. The van der Waals surface area contributed by atoms with E-state index in [9.17, 15) is 0 Å². The number of benzene rings is 9. The Morgan fingerprint density at radius 3 is 1.32 bits per heavy atom. The second-order valence-electron chi connectivity index (χ2n) is 11.6. The van der Waals surface area contributed by atoms with Crippen molar-refractivity contribution in [2.45, 2.75) is 0 Å². The van der Waals surface area contributed by atoms with E-state index in [1.54, 1.807) is 0 Å². The summed E-state index contributed by atoms with van der Waals surface area (Å²) in [5.41, 5.74) is 7.59. The smallest absolute Gasteiger partial charge is 0.00199 e. The third kappa shape index (κ3) is 3.78. The first-order chi connectivity index (χ1) is 21.8. The second kappa shape index (κ2) is 9.93. The highest BCUT2D eigenvalue weighted by Crippen LogP contribution is 2.47. The third-order valence-electron chi connectivity index (χ3n) is 9.20. The van der Waals surface area contributed by atoms with E-state index in [1.807, 2.05) is 0 Å². The van der Waals surface area contributed by atoms with Gasteiger partial charge in [-0.1, -0.05) is 152 Å². The Bertz CT molecular complexity index is 2480. The molecule has 0 saturated carbocycles. The lowest BCUT2D eigenvalue weighted by molar-refractivity contribution is 1.66. The number of rotatable bonds is 3. The minimum absolute atomic E-state index is 1.24. The summed E-state index contributed by atoms with van der Waals surface area (Å²) in [5.74, 6) is 0. The summed E-state index contributed by atoms with van der Waals surface area (Å²) in [5, 5.41) is 12.7. The average molecular weight is 557 g/mol. The van der Waals surface area contributed by atoms with Crippen LogP contribution in [0.5, 0.6) is 0 Å². The normalized spacial score (nSPS) is 11.6. The Labute approximate surface area is 256 Å². The lowest BCUT2D eigenvalue weighted by Gasteiger charge is -2.20.